The maximum Gasteiger partial charge on any atom is 0.256 e. The van der Waals surface area contributed by atoms with Gasteiger partial charge >= 0.3 is 0 Å². The minimum Gasteiger partial charge on any atom is -0.496 e. The molecular formula is C20H19NO2. The molecule has 1 N–H and O–H groups in total. The first-order chi connectivity index (χ1) is 11.1. The third-order valence-electron chi connectivity index (χ3n) is 4.11. The monoisotopic (exact) mass is 305 g/mol. The molecule has 0 aromatic heterocycles. The number of fused-ring (bicyclic) bond motifs is 1. The van der Waals surface area contributed by atoms with Gasteiger partial charge in [0.05, 0.1) is 7.11 Å². The maximum atomic E-state index is 12.7. The van der Waals surface area contributed by atoms with Crippen LogP contribution in [0, 0.1) is 13.8 Å². The summed E-state index contributed by atoms with van der Waals surface area (Å²) in [5.41, 5.74) is 3.80. The highest BCUT2D eigenvalue weighted by molar-refractivity contribution is 6.13. The molecule has 3 heteroatoms. The molecule has 0 saturated carbocycles. The SMILES string of the molecule is COc1ccc(C(=O)Nc2ccc(C)c(C)c2)c2ccccc12. The van der Waals surface area contributed by atoms with Crippen molar-refractivity contribution in [3.63, 3.8) is 0 Å². The molecule has 23 heavy (non-hydrogen) atoms. The van der Waals surface area contributed by atoms with Gasteiger partial charge in [-0.2, -0.15) is 0 Å². The van der Waals surface area contributed by atoms with Crippen molar-refractivity contribution in [3.05, 3.63) is 71.3 Å². The number of amides is 1. The van der Waals surface area contributed by atoms with Crippen molar-refractivity contribution in [1.29, 1.82) is 0 Å². The maximum absolute atomic E-state index is 12.7. The zero-order valence-electron chi connectivity index (χ0n) is 13.5. The van der Waals surface area contributed by atoms with Gasteiger partial charge in [-0.1, -0.05) is 30.3 Å². The van der Waals surface area contributed by atoms with Gasteiger partial charge in [0.15, 0.2) is 0 Å². The number of anilines is 1. The number of benzene rings is 3. The molecule has 0 aliphatic heterocycles. The first kappa shape index (κ1) is 15.1. The lowest BCUT2D eigenvalue weighted by molar-refractivity contribution is 0.102. The average Bonchev–Trinajstić information content (AvgIpc) is 2.57. The minimum absolute atomic E-state index is 0.118. The van der Waals surface area contributed by atoms with E-state index in [9.17, 15) is 4.79 Å². The van der Waals surface area contributed by atoms with Crippen molar-refractivity contribution in [2.45, 2.75) is 13.8 Å². The van der Waals surface area contributed by atoms with Crippen molar-refractivity contribution in [2.75, 3.05) is 12.4 Å². The fourth-order valence-corrected chi connectivity index (χ4v) is 2.67. The highest BCUT2D eigenvalue weighted by Crippen LogP contribution is 2.29. The predicted molar refractivity (Wildman–Crippen MR) is 94.4 cm³/mol. The Balaban J connectivity index is 1.99. The Hall–Kier alpha value is -2.81. The molecule has 0 fully saturated rings. The van der Waals surface area contributed by atoms with E-state index in [0.717, 1.165) is 27.8 Å². The smallest absolute Gasteiger partial charge is 0.256 e. The summed E-state index contributed by atoms with van der Waals surface area (Å²) in [6.07, 6.45) is 0. The fourth-order valence-electron chi connectivity index (χ4n) is 2.67. The van der Waals surface area contributed by atoms with Crippen LogP contribution in [0.4, 0.5) is 5.69 Å². The number of carbonyl (C=O) groups is 1. The van der Waals surface area contributed by atoms with E-state index < -0.39 is 0 Å². The zero-order chi connectivity index (χ0) is 16.4. The van der Waals surface area contributed by atoms with E-state index in [0.29, 0.717) is 5.56 Å². The second-order valence-corrected chi connectivity index (χ2v) is 5.61. The lowest BCUT2D eigenvalue weighted by Crippen LogP contribution is -2.12. The number of rotatable bonds is 3. The molecule has 0 spiro atoms. The standard InChI is InChI=1S/C20H19NO2/c1-13-8-9-15(12-14(13)2)21-20(22)18-10-11-19(23-3)17-7-5-4-6-16(17)18/h4-12H,1-3H3,(H,21,22). The highest BCUT2D eigenvalue weighted by atomic mass is 16.5. The first-order valence-electron chi connectivity index (χ1n) is 7.54. The lowest BCUT2D eigenvalue weighted by Gasteiger charge is -2.11. The van der Waals surface area contributed by atoms with Crippen LogP contribution in [0.15, 0.2) is 54.6 Å². The van der Waals surface area contributed by atoms with Crippen LogP contribution in [0.3, 0.4) is 0 Å². The number of methoxy groups -OCH3 is 1. The molecule has 116 valence electrons. The summed E-state index contributed by atoms with van der Waals surface area (Å²) >= 11 is 0. The fraction of sp³-hybridized carbons (Fsp3) is 0.150. The van der Waals surface area contributed by atoms with E-state index in [2.05, 4.69) is 12.2 Å². The number of carbonyl (C=O) groups excluding carboxylic acids is 1. The number of ether oxygens (including phenoxy) is 1. The lowest BCUT2D eigenvalue weighted by atomic mass is 10.0. The summed E-state index contributed by atoms with van der Waals surface area (Å²) in [5, 5.41) is 4.79. The summed E-state index contributed by atoms with van der Waals surface area (Å²) in [6.45, 7) is 4.09. The van der Waals surface area contributed by atoms with Gasteiger partial charge in [0.2, 0.25) is 0 Å². The van der Waals surface area contributed by atoms with E-state index in [-0.39, 0.29) is 5.91 Å². The van der Waals surface area contributed by atoms with E-state index in [1.807, 2.05) is 55.5 Å². The molecule has 3 nitrogen and oxygen atoms in total. The van der Waals surface area contributed by atoms with E-state index in [1.165, 1.54) is 5.56 Å². The summed E-state index contributed by atoms with van der Waals surface area (Å²) in [6, 6.07) is 17.3. The van der Waals surface area contributed by atoms with E-state index in [4.69, 9.17) is 4.74 Å². The summed E-state index contributed by atoms with van der Waals surface area (Å²) in [5.74, 6) is 0.649. The predicted octanol–water partition coefficient (Wildman–Crippen LogP) is 4.72. The Kier molecular flexibility index (Phi) is 4.02. The molecule has 3 aromatic carbocycles. The Morgan fingerprint density at radius 2 is 1.65 bits per heavy atom. The highest BCUT2D eigenvalue weighted by Gasteiger charge is 2.13. The molecule has 0 atom stereocenters. The van der Waals surface area contributed by atoms with Crippen LogP contribution in [0.1, 0.15) is 21.5 Å². The van der Waals surface area contributed by atoms with Gasteiger partial charge in [-0.3, -0.25) is 4.79 Å². The van der Waals surface area contributed by atoms with Gasteiger partial charge in [-0.05, 0) is 54.6 Å². The molecule has 0 bridgehead atoms. The number of nitrogens with one attached hydrogen (secondary N) is 1. The Morgan fingerprint density at radius 3 is 2.35 bits per heavy atom. The second kappa shape index (κ2) is 6.13. The third-order valence-corrected chi connectivity index (χ3v) is 4.11. The quantitative estimate of drug-likeness (QED) is 0.760. The molecule has 3 aromatic rings. The summed E-state index contributed by atoms with van der Waals surface area (Å²) < 4.78 is 5.38. The van der Waals surface area contributed by atoms with E-state index >= 15 is 0 Å². The molecule has 1 amide bonds. The molecule has 0 saturated heterocycles. The van der Waals surface area contributed by atoms with Crippen LogP contribution in [0.5, 0.6) is 5.75 Å². The molecule has 3 rings (SSSR count). The van der Waals surface area contributed by atoms with E-state index in [1.54, 1.807) is 13.2 Å². The molecule has 0 radical (unpaired) electrons. The Labute approximate surface area is 135 Å². The normalized spacial score (nSPS) is 10.6. The van der Waals surface area contributed by atoms with Crippen molar-refractivity contribution in [2.24, 2.45) is 0 Å². The molecular weight excluding hydrogens is 286 g/mol. The van der Waals surface area contributed by atoms with Crippen molar-refractivity contribution < 1.29 is 9.53 Å². The third kappa shape index (κ3) is 2.90. The van der Waals surface area contributed by atoms with Crippen LogP contribution in [-0.2, 0) is 0 Å². The van der Waals surface area contributed by atoms with Gasteiger partial charge in [0.25, 0.3) is 5.91 Å². The molecule has 0 aliphatic rings. The molecule has 0 unspecified atom stereocenters. The first-order valence-corrected chi connectivity index (χ1v) is 7.54. The summed E-state index contributed by atoms with van der Waals surface area (Å²) in [7, 11) is 1.64. The van der Waals surface area contributed by atoms with Crippen LogP contribution in [-0.4, -0.2) is 13.0 Å². The van der Waals surface area contributed by atoms with Crippen LogP contribution < -0.4 is 10.1 Å². The van der Waals surface area contributed by atoms with Gasteiger partial charge < -0.3 is 10.1 Å². The van der Waals surface area contributed by atoms with Gasteiger partial charge in [0, 0.05) is 16.6 Å². The Bertz CT molecular complexity index is 884. The van der Waals surface area contributed by atoms with Crippen LogP contribution in [0.25, 0.3) is 10.8 Å². The molecule has 0 aliphatic carbocycles. The number of hydrogen-bond donors (Lipinski definition) is 1. The molecule has 0 heterocycles. The number of aryl methyl sites for hydroxylation is 2. The van der Waals surface area contributed by atoms with Crippen molar-refractivity contribution in [3.8, 4) is 5.75 Å². The largest absolute Gasteiger partial charge is 0.496 e. The zero-order valence-corrected chi connectivity index (χ0v) is 13.5. The van der Waals surface area contributed by atoms with Gasteiger partial charge in [0.1, 0.15) is 5.75 Å². The Morgan fingerprint density at radius 1 is 0.913 bits per heavy atom. The number of hydrogen-bond acceptors (Lipinski definition) is 2. The second-order valence-electron chi connectivity index (χ2n) is 5.61. The summed E-state index contributed by atoms with van der Waals surface area (Å²) in [4.78, 5) is 12.7. The van der Waals surface area contributed by atoms with Crippen LogP contribution >= 0.6 is 0 Å². The van der Waals surface area contributed by atoms with Crippen molar-refractivity contribution in [1.82, 2.24) is 0 Å². The van der Waals surface area contributed by atoms with Crippen LogP contribution in [0.2, 0.25) is 0 Å². The average molecular weight is 305 g/mol. The minimum atomic E-state index is -0.118. The van der Waals surface area contributed by atoms with Gasteiger partial charge in [-0.25, -0.2) is 0 Å². The van der Waals surface area contributed by atoms with Gasteiger partial charge in [-0.15, -0.1) is 0 Å². The topological polar surface area (TPSA) is 38.3 Å². The van der Waals surface area contributed by atoms with Crippen molar-refractivity contribution >= 4 is 22.4 Å².